The van der Waals surface area contributed by atoms with Crippen LogP contribution in [-0.2, 0) is 10.0 Å². The number of fused-ring (bicyclic) bond motifs is 1. The first-order valence-electron chi connectivity index (χ1n) is 8.09. The highest BCUT2D eigenvalue weighted by Crippen LogP contribution is 2.37. The van der Waals surface area contributed by atoms with Gasteiger partial charge in [0.2, 0.25) is 0 Å². The van der Waals surface area contributed by atoms with Crippen LogP contribution >= 0.6 is 11.6 Å². The number of aromatic nitrogens is 2. The monoisotopic (exact) mass is 416 g/mol. The predicted octanol–water partition coefficient (Wildman–Crippen LogP) is 2.97. The number of anilines is 2. The van der Waals surface area contributed by atoms with Gasteiger partial charge >= 0.3 is 0 Å². The molecular formula is C18H13ClN4O4S. The highest BCUT2D eigenvalue weighted by Gasteiger charge is 2.41. The quantitative estimate of drug-likeness (QED) is 0.635. The maximum atomic E-state index is 12.9. The van der Waals surface area contributed by atoms with Crippen molar-refractivity contribution in [3.05, 3.63) is 70.5 Å². The molecule has 0 unspecified atom stereocenters. The minimum atomic E-state index is -3.97. The maximum absolute atomic E-state index is 12.9. The van der Waals surface area contributed by atoms with Gasteiger partial charge < -0.3 is 0 Å². The molecule has 0 atom stereocenters. The van der Waals surface area contributed by atoms with Gasteiger partial charge in [-0.05, 0) is 31.2 Å². The summed E-state index contributed by atoms with van der Waals surface area (Å²) in [6.07, 6.45) is 2.69. The molecule has 0 fully saturated rings. The Morgan fingerprint density at radius 3 is 2.36 bits per heavy atom. The fraction of sp³-hybridized carbons (Fsp3) is 0.0556. The molecule has 0 saturated heterocycles. The van der Waals surface area contributed by atoms with Gasteiger partial charge in [-0.25, -0.2) is 13.3 Å². The van der Waals surface area contributed by atoms with Gasteiger partial charge in [-0.2, -0.15) is 5.10 Å². The molecule has 8 nitrogen and oxygen atoms in total. The van der Waals surface area contributed by atoms with Gasteiger partial charge in [-0.1, -0.05) is 29.3 Å². The van der Waals surface area contributed by atoms with Crippen molar-refractivity contribution in [1.82, 2.24) is 10.2 Å². The zero-order chi connectivity index (χ0) is 20.1. The Kier molecular flexibility index (Phi) is 4.20. The van der Waals surface area contributed by atoms with Crippen LogP contribution in [-0.4, -0.2) is 30.4 Å². The molecule has 4 rings (SSSR count). The number of H-pyrrole nitrogens is 1. The molecule has 142 valence electrons. The second-order valence-corrected chi connectivity index (χ2v) is 8.26. The molecule has 28 heavy (non-hydrogen) atoms. The lowest BCUT2D eigenvalue weighted by Crippen LogP contribution is -2.29. The molecule has 0 bridgehead atoms. The molecule has 0 radical (unpaired) electrons. The number of aryl methyl sites for hydroxylation is 1. The van der Waals surface area contributed by atoms with E-state index >= 15 is 0 Å². The van der Waals surface area contributed by atoms with E-state index in [-0.39, 0.29) is 32.4 Å². The van der Waals surface area contributed by atoms with Crippen LogP contribution in [0, 0.1) is 6.92 Å². The van der Waals surface area contributed by atoms with Crippen molar-refractivity contribution in [1.29, 1.82) is 0 Å². The lowest BCUT2D eigenvalue weighted by molar-refractivity contribution is 0.0926. The average Bonchev–Trinajstić information content (AvgIpc) is 3.25. The van der Waals surface area contributed by atoms with Crippen LogP contribution in [0.4, 0.5) is 11.4 Å². The van der Waals surface area contributed by atoms with E-state index in [2.05, 4.69) is 14.9 Å². The molecule has 2 amide bonds. The topological polar surface area (TPSA) is 112 Å². The smallest absolute Gasteiger partial charge is 0.268 e. The van der Waals surface area contributed by atoms with Crippen LogP contribution in [0.3, 0.4) is 0 Å². The molecule has 2 N–H and O–H groups in total. The van der Waals surface area contributed by atoms with Gasteiger partial charge in [0.25, 0.3) is 21.8 Å². The Labute approximate surface area is 165 Å². The lowest BCUT2D eigenvalue weighted by Gasteiger charge is -2.12. The normalized spacial score (nSPS) is 13.7. The Bertz CT molecular complexity index is 1210. The lowest BCUT2D eigenvalue weighted by atomic mass is 10.1. The van der Waals surface area contributed by atoms with Crippen LogP contribution in [0.1, 0.15) is 26.3 Å². The number of nitrogens with zero attached hydrogens (tertiary/aromatic N) is 2. The van der Waals surface area contributed by atoms with Crippen LogP contribution < -0.4 is 9.62 Å². The number of imide groups is 1. The van der Waals surface area contributed by atoms with Crippen LogP contribution in [0.2, 0.25) is 5.02 Å². The van der Waals surface area contributed by atoms with E-state index in [0.29, 0.717) is 0 Å². The zero-order valence-corrected chi connectivity index (χ0v) is 16.0. The summed E-state index contributed by atoms with van der Waals surface area (Å²) in [5, 5.41) is 6.31. The second-order valence-electron chi connectivity index (χ2n) is 6.17. The van der Waals surface area contributed by atoms with Gasteiger partial charge in [0.05, 0.1) is 38.6 Å². The van der Waals surface area contributed by atoms with Crippen molar-refractivity contribution in [3.8, 4) is 0 Å². The number of aromatic amines is 1. The van der Waals surface area contributed by atoms with Gasteiger partial charge in [0, 0.05) is 6.20 Å². The first-order valence-corrected chi connectivity index (χ1v) is 9.95. The third-order valence-corrected chi connectivity index (χ3v) is 6.00. The Hall–Kier alpha value is -3.17. The fourth-order valence-electron chi connectivity index (χ4n) is 2.93. The zero-order valence-electron chi connectivity index (χ0n) is 14.4. The third kappa shape index (κ3) is 2.85. The summed E-state index contributed by atoms with van der Waals surface area (Å²) in [7, 11) is -3.97. The van der Waals surface area contributed by atoms with E-state index in [4.69, 9.17) is 11.6 Å². The summed E-state index contributed by atoms with van der Waals surface area (Å²) in [4.78, 5) is 26.6. The van der Waals surface area contributed by atoms with Gasteiger partial charge in [-0.3, -0.25) is 19.4 Å². The van der Waals surface area contributed by atoms with E-state index in [1.54, 1.807) is 12.1 Å². The van der Waals surface area contributed by atoms with Crippen molar-refractivity contribution in [2.45, 2.75) is 11.8 Å². The number of amides is 2. The third-order valence-electron chi connectivity index (χ3n) is 4.31. The summed E-state index contributed by atoms with van der Waals surface area (Å²) in [6.45, 7) is 1.84. The molecule has 2 aromatic carbocycles. The van der Waals surface area contributed by atoms with Gasteiger partial charge in [-0.15, -0.1) is 0 Å². The number of hydrogen-bond donors (Lipinski definition) is 2. The fourth-order valence-corrected chi connectivity index (χ4v) is 4.24. The van der Waals surface area contributed by atoms with E-state index in [9.17, 15) is 18.0 Å². The van der Waals surface area contributed by atoms with E-state index in [1.807, 2.05) is 6.92 Å². The van der Waals surface area contributed by atoms with Crippen LogP contribution in [0.5, 0.6) is 0 Å². The molecule has 0 spiro atoms. The average molecular weight is 417 g/mol. The standard InChI is InChI=1S/C18H13ClN4O4S/c1-10-2-4-12(5-3-10)28(26,27)22-14-7-6-13(19)15-16(14)18(25)23(17(15)24)11-8-20-21-9-11/h2-9,22H,1H3,(H,20,21). The molecule has 3 aromatic rings. The number of nitrogens with one attached hydrogen (secondary N) is 2. The second kappa shape index (κ2) is 6.47. The number of halogens is 1. The van der Waals surface area contributed by atoms with E-state index in [1.165, 1.54) is 36.7 Å². The van der Waals surface area contributed by atoms with Crippen LogP contribution in [0.15, 0.2) is 53.7 Å². The number of hydrogen-bond acceptors (Lipinski definition) is 5. The number of rotatable bonds is 4. The summed E-state index contributed by atoms with van der Waals surface area (Å²) in [5.41, 5.74) is 0.952. The highest BCUT2D eigenvalue weighted by atomic mass is 35.5. The molecule has 2 heterocycles. The van der Waals surface area contributed by atoms with Crippen molar-refractivity contribution in [2.75, 3.05) is 9.62 Å². The first-order chi connectivity index (χ1) is 13.3. The molecule has 10 heteroatoms. The SMILES string of the molecule is Cc1ccc(S(=O)(=O)Nc2ccc(Cl)c3c2C(=O)N(c2cn[nH]c2)C3=O)cc1. The van der Waals surface area contributed by atoms with Gasteiger partial charge in [0.15, 0.2) is 0 Å². The number of carbonyl (C=O) groups is 2. The summed E-state index contributed by atoms with van der Waals surface area (Å²) in [6, 6.07) is 8.97. The Morgan fingerprint density at radius 2 is 1.71 bits per heavy atom. The highest BCUT2D eigenvalue weighted by molar-refractivity contribution is 7.92. The molecule has 0 saturated carbocycles. The summed E-state index contributed by atoms with van der Waals surface area (Å²) >= 11 is 6.13. The summed E-state index contributed by atoms with van der Waals surface area (Å²) in [5.74, 6) is -1.34. The molecule has 0 aliphatic carbocycles. The predicted molar refractivity (Wildman–Crippen MR) is 103 cm³/mol. The van der Waals surface area contributed by atoms with E-state index in [0.717, 1.165) is 10.5 Å². The van der Waals surface area contributed by atoms with Crippen molar-refractivity contribution in [3.63, 3.8) is 0 Å². The first kappa shape index (κ1) is 18.2. The molecule has 1 aliphatic heterocycles. The number of benzene rings is 2. The van der Waals surface area contributed by atoms with Gasteiger partial charge in [0.1, 0.15) is 0 Å². The minimum absolute atomic E-state index is 0.0238. The number of sulfonamides is 1. The van der Waals surface area contributed by atoms with Crippen molar-refractivity contribution < 1.29 is 18.0 Å². The molecular weight excluding hydrogens is 404 g/mol. The Balaban J connectivity index is 1.79. The van der Waals surface area contributed by atoms with E-state index < -0.39 is 21.8 Å². The number of carbonyl (C=O) groups excluding carboxylic acids is 2. The minimum Gasteiger partial charge on any atom is -0.284 e. The molecule has 1 aliphatic rings. The largest absolute Gasteiger partial charge is 0.284 e. The van der Waals surface area contributed by atoms with Crippen LogP contribution in [0.25, 0.3) is 0 Å². The maximum Gasteiger partial charge on any atom is 0.268 e. The summed E-state index contributed by atoms with van der Waals surface area (Å²) < 4.78 is 27.8. The van der Waals surface area contributed by atoms with Crippen molar-refractivity contribution >= 4 is 44.8 Å². The molecule has 1 aromatic heterocycles. The Morgan fingerprint density at radius 1 is 1.04 bits per heavy atom. The van der Waals surface area contributed by atoms with Crippen molar-refractivity contribution in [2.24, 2.45) is 0 Å².